The molecule has 184 valence electrons. The second-order valence-electron chi connectivity index (χ2n) is 9.26. The maximum atomic E-state index is 13.6. The number of nitrogens with one attached hydrogen (secondary N) is 1. The molecule has 0 saturated heterocycles. The fraction of sp³-hybridized carbons (Fsp3) is 0.310. The second-order valence-corrected chi connectivity index (χ2v) is 9.26. The zero-order valence-electron chi connectivity index (χ0n) is 21.2. The maximum Gasteiger partial charge on any atom is 0.254 e. The fourth-order valence-electron chi connectivity index (χ4n) is 3.93. The van der Waals surface area contributed by atoms with Crippen LogP contribution in [0.15, 0.2) is 72.8 Å². The molecule has 0 fully saturated rings. The molecule has 3 aromatic carbocycles. The summed E-state index contributed by atoms with van der Waals surface area (Å²) >= 11 is 0. The number of methoxy groups -OCH3 is 1. The van der Waals surface area contributed by atoms with Crippen LogP contribution in [0, 0.1) is 5.92 Å². The van der Waals surface area contributed by atoms with Crippen molar-refractivity contribution in [2.24, 2.45) is 5.92 Å². The van der Waals surface area contributed by atoms with Gasteiger partial charge in [0.15, 0.2) is 0 Å². The van der Waals surface area contributed by atoms with Crippen LogP contribution in [0.5, 0.6) is 5.75 Å². The molecule has 0 radical (unpaired) electrons. The van der Waals surface area contributed by atoms with Gasteiger partial charge in [0, 0.05) is 50.5 Å². The number of anilines is 2. The highest BCUT2D eigenvalue weighted by molar-refractivity contribution is 5.94. The van der Waals surface area contributed by atoms with Gasteiger partial charge < -0.3 is 19.9 Å². The number of carbonyl (C=O) groups excluding carboxylic acids is 2. The van der Waals surface area contributed by atoms with E-state index in [9.17, 15) is 9.59 Å². The molecule has 3 aromatic rings. The van der Waals surface area contributed by atoms with Crippen molar-refractivity contribution in [3.63, 3.8) is 0 Å². The highest BCUT2D eigenvalue weighted by Gasteiger charge is 2.20. The summed E-state index contributed by atoms with van der Waals surface area (Å²) in [7, 11) is 5.56. The third-order valence-electron chi connectivity index (χ3n) is 5.64. The summed E-state index contributed by atoms with van der Waals surface area (Å²) in [6.07, 6.45) is 0.459. The lowest BCUT2D eigenvalue weighted by Gasteiger charge is -2.27. The fourth-order valence-corrected chi connectivity index (χ4v) is 3.93. The minimum absolute atomic E-state index is 0.0148. The van der Waals surface area contributed by atoms with Crippen LogP contribution in [-0.2, 0) is 17.9 Å². The Morgan fingerprint density at radius 2 is 1.60 bits per heavy atom. The van der Waals surface area contributed by atoms with Crippen LogP contribution in [0.2, 0.25) is 0 Å². The molecule has 1 N–H and O–H groups in total. The van der Waals surface area contributed by atoms with E-state index >= 15 is 0 Å². The van der Waals surface area contributed by atoms with Gasteiger partial charge in [-0.3, -0.25) is 9.59 Å². The molecule has 0 bridgehead atoms. The number of hydrogen-bond acceptors (Lipinski definition) is 4. The predicted octanol–water partition coefficient (Wildman–Crippen LogP) is 5.59. The second kappa shape index (κ2) is 12.1. The quantitative estimate of drug-likeness (QED) is 0.417. The van der Waals surface area contributed by atoms with E-state index in [2.05, 4.69) is 5.32 Å². The zero-order valence-corrected chi connectivity index (χ0v) is 21.2. The number of nitrogens with zero attached hydrogens (tertiary/aromatic N) is 2. The lowest BCUT2D eigenvalue weighted by Crippen LogP contribution is -2.31. The number of benzene rings is 3. The van der Waals surface area contributed by atoms with Crippen molar-refractivity contribution in [2.45, 2.75) is 33.4 Å². The third kappa shape index (κ3) is 7.34. The Morgan fingerprint density at radius 3 is 2.20 bits per heavy atom. The molecule has 0 saturated carbocycles. The first-order valence-electron chi connectivity index (χ1n) is 11.8. The van der Waals surface area contributed by atoms with Gasteiger partial charge in [0.1, 0.15) is 5.75 Å². The Hall–Kier alpha value is -3.80. The van der Waals surface area contributed by atoms with E-state index < -0.39 is 0 Å². The van der Waals surface area contributed by atoms with Gasteiger partial charge in [-0.2, -0.15) is 0 Å². The highest BCUT2D eigenvalue weighted by Crippen LogP contribution is 2.26. The standard InChI is InChI=1S/C29H35N3O3/c1-21(2)17-28(33)30-25-13-16-27(31(3)4)24(18-25)20-32(19-22-9-7-6-8-10-22)29(34)23-11-14-26(35-5)15-12-23/h6-16,18,21H,17,19-20H2,1-5H3,(H,30,33). The van der Waals surface area contributed by atoms with E-state index in [0.29, 0.717) is 30.8 Å². The molecule has 0 unspecified atom stereocenters. The summed E-state index contributed by atoms with van der Waals surface area (Å²) in [6.45, 7) is 4.89. The van der Waals surface area contributed by atoms with Gasteiger partial charge in [-0.25, -0.2) is 0 Å². The van der Waals surface area contributed by atoms with Gasteiger partial charge >= 0.3 is 0 Å². The predicted molar refractivity (Wildman–Crippen MR) is 142 cm³/mol. The highest BCUT2D eigenvalue weighted by atomic mass is 16.5. The molecular formula is C29H35N3O3. The summed E-state index contributed by atoms with van der Waals surface area (Å²) in [5.74, 6) is 0.893. The smallest absolute Gasteiger partial charge is 0.254 e. The van der Waals surface area contributed by atoms with Crippen LogP contribution in [-0.4, -0.2) is 37.9 Å². The van der Waals surface area contributed by atoms with Gasteiger partial charge in [-0.05, 0) is 59.5 Å². The molecule has 35 heavy (non-hydrogen) atoms. The van der Waals surface area contributed by atoms with Crippen molar-refractivity contribution in [3.05, 3.63) is 89.5 Å². The van der Waals surface area contributed by atoms with E-state index in [1.165, 1.54) is 0 Å². The van der Waals surface area contributed by atoms with E-state index in [0.717, 1.165) is 22.5 Å². The van der Waals surface area contributed by atoms with Crippen LogP contribution in [0.4, 0.5) is 11.4 Å². The first kappa shape index (κ1) is 25.8. The number of carbonyl (C=O) groups is 2. The normalized spacial score (nSPS) is 10.7. The van der Waals surface area contributed by atoms with Gasteiger partial charge in [-0.15, -0.1) is 0 Å². The molecule has 0 aromatic heterocycles. The lowest BCUT2D eigenvalue weighted by molar-refractivity contribution is -0.116. The topological polar surface area (TPSA) is 61.9 Å². The molecule has 6 heteroatoms. The van der Waals surface area contributed by atoms with Gasteiger partial charge in [0.25, 0.3) is 5.91 Å². The van der Waals surface area contributed by atoms with Crippen LogP contribution in [0.1, 0.15) is 41.8 Å². The molecule has 6 nitrogen and oxygen atoms in total. The van der Waals surface area contributed by atoms with E-state index in [1.807, 2.05) is 86.3 Å². The number of rotatable bonds is 10. The van der Waals surface area contributed by atoms with E-state index in [1.54, 1.807) is 31.4 Å². The molecule has 0 spiro atoms. The summed E-state index contributed by atoms with van der Waals surface area (Å²) in [5, 5.41) is 3.00. The Labute approximate surface area is 208 Å². The van der Waals surface area contributed by atoms with Crippen molar-refractivity contribution < 1.29 is 14.3 Å². The lowest BCUT2D eigenvalue weighted by atomic mass is 10.1. The van der Waals surface area contributed by atoms with Gasteiger partial charge in [0.2, 0.25) is 5.91 Å². The van der Waals surface area contributed by atoms with Crippen molar-refractivity contribution >= 4 is 23.2 Å². The maximum absolute atomic E-state index is 13.6. The molecular weight excluding hydrogens is 438 g/mol. The number of hydrogen-bond donors (Lipinski definition) is 1. The number of amides is 2. The Kier molecular flexibility index (Phi) is 8.90. The van der Waals surface area contributed by atoms with Crippen LogP contribution < -0.4 is 15.0 Å². The summed E-state index contributed by atoms with van der Waals surface area (Å²) in [6, 6.07) is 23.0. The molecule has 0 aliphatic carbocycles. The molecule has 0 heterocycles. The van der Waals surface area contributed by atoms with Crippen LogP contribution >= 0.6 is 0 Å². The van der Waals surface area contributed by atoms with Gasteiger partial charge in [0.05, 0.1) is 7.11 Å². The Balaban J connectivity index is 1.94. The van der Waals surface area contributed by atoms with Crippen LogP contribution in [0.25, 0.3) is 0 Å². The molecule has 2 amide bonds. The summed E-state index contributed by atoms with van der Waals surface area (Å²) in [4.78, 5) is 29.8. The third-order valence-corrected chi connectivity index (χ3v) is 5.64. The first-order chi connectivity index (χ1) is 16.8. The minimum Gasteiger partial charge on any atom is -0.497 e. The number of ether oxygens (including phenoxy) is 1. The van der Waals surface area contributed by atoms with Crippen molar-refractivity contribution in [3.8, 4) is 5.75 Å². The zero-order chi connectivity index (χ0) is 25.4. The molecule has 0 aliphatic heterocycles. The Bertz CT molecular complexity index is 1130. The van der Waals surface area contributed by atoms with Gasteiger partial charge in [-0.1, -0.05) is 44.2 Å². The summed E-state index contributed by atoms with van der Waals surface area (Å²) < 4.78 is 5.25. The largest absolute Gasteiger partial charge is 0.497 e. The van der Waals surface area contributed by atoms with Crippen molar-refractivity contribution in [2.75, 3.05) is 31.4 Å². The Morgan fingerprint density at radius 1 is 0.914 bits per heavy atom. The average Bonchev–Trinajstić information content (AvgIpc) is 2.83. The van der Waals surface area contributed by atoms with Crippen LogP contribution in [0.3, 0.4) is 0 Å². The average molecular weight is 474 g/mol. The molecule has 3 rings (SSSR count). The SMILES string of the molecule is COc1ccc(C(=O)N(Cc2ccccc2)Cc2cc(NC(=O)CC(C)C)ccc2N(C)C)cc1. The molecule has 0 atom stereocenters. The summed E-state index contributed by atoms with van der Waals surface area (Å²) in [5.41, 5.74) is 4.31. The van der Waals surface area contributed by atoms with E-state index in [4.69, 9.17) is 4.74 Å². The van der Waals surface area contributed by atoms with Crippen molar-refractivity contribution in [1.29, 1.82) is 0 Å². The minimum atomic E-state index is -0.0736. The monoisotopic (exact) mass is 473 g/mol. The first-order valence-corrected chi connectivity index (χ1v) is 11.8. The van der Waals surface area contributed by atoms with Crippen molar-refractivity contribution in [1.82, 2.24) is 4.90 Å². The van der Waals surface area contributed by atoms with E-state index in [-0.39, 0.29) is 17.7 Å². The molecule has 0 aliphatic rings.